The lowest BCUT2D eigenvalue weighted by Gasteiger charge is -2.22. The second-order valence-corrected chi connectivity index (χ2v) is 5.81. The van der Waals surface area contributed by atoms with Crippen LogP contribution in [0.1, 0.15) is 18.1 Å². The number of allylic oxidation sites excluding steroid dienone is 1. The van der Waals surface area contributed by atoms with Crippen molar-refractivity contribution in [2.75, 3.05) is 11.4 Å². The van der Waals surface area contributed by atoms with Crippen LogP contribution in [0.2, 0.25) is 0 Å². The predicted molar refractivity (Wildman–Crippen MR) is 90.7 cm³/mol. The summed E-state index contributed by atoms with van der Waals surface area (Å²) in [4.78, 5) is 14.5. The van der Waals surface area contributed by atoms with Gasteiger partial charge >= 0.3 is 0 Å². The Balaban J connectivity index is 1.79. The largest absolute Gasteiger partial charge is 0.468 e. The predicted octanol–water partition coefficient (Wildman–Crippen LogP) is 4.02. The van der Waals surface area contributed by atoms with Crippen molar-refractivity contribution in [2.45, 2.75) is 12.5 Å². The first-order valence-corrected chi connectivity index (χ1v) is 7.91. The Morgan fingerprint density at radius 2 is 1.96 bits per heavy atom. The first kappa shape index (κ1) is 14.7. The lowest BCUT2D eigenvalue weighted by molar-refractivity contribution is -0.132. The molecular weight excluding hydrogens is 305 g/mol. The van der Waals surface area contributed by atoms with Crippen LogP contribution in [0.25, 0.3) is 6.08 Å². The van der Waals surface area contributed by atoms with Gasteiger partial charge in [-0.25, -0.2) is 4.39 Å². The quantitative estimate of drug-likeness (QED) is 0.836. The van der Waals surface area contributed by atoms with E-state index in [2.05, 4.69) is 0 Å². The summed E-state index contributed by atoms with van der Waals surface area (Å²) in [5.74, 6) is -0.137. The molecule has 0 N–H and O–H groups in total. The highest BCUT2D eigenvalue weighted by Gasteiger charge is 2.55. The number of halogens is 1. The zero-order valence-electron chi connectivity index (χ0n) is 13.2. The Morgan fingerprint density at radius 1 is 1.17 bits per heavy atom. The highest BCUT2D eigenvalue weighted by molar-refractivity contribution is 6.09. The first-order chi connectivity index (χ1) is 11.7. The SMILES string of the molecule is CCN1C(=O)C2(C=C/C(=C/c3ccccc3)O2)c2c(F)cccc21. The lowest BCUT2D eigenvalue weighted by atomic mass is 9.95. The molecule has 0 saturated carbocycles. The fourth-order valence-corrected chi connectivity index (χ4v) is 3.33. The summed E-state index contributed by atoms with van der Waals surface area (Å²) < 4.78 is 20.5. The van der Waals surface area contributed by atoms with Crippen LogP contribution < -0.4 is 4.90 Å². The van der Waals surface area contributed by atoms with Gasteiger partial charge in [-0.05, 0) is 42.8 Å². The minimum absolute atomic E-state index is 0.252. The average Bonchev–Trinajstić information content (AvgIpc) is 3.10. The summed E-state index contributed by atoms with van der Waals surface area (Å²) >= 11 is 0. The molecule has 24 heavy (non-hydrogen) atoms. The fraction of sp³-hybridized carbons (Fsp3) is 0.150. The van der Waals surface area contributed by atoms with Crippen LogP contribution in [0.15, 0.2) is 66.4 Å². The van der Waals surface area contributed by atoms with Crippen molar-refractivity contribution < 1.29 is 13.9 Å². The smallest absolute Gasteiger partial charge is 0.280 e. The zero-order valence-corrected chi connectivity index (χ0v) is 13.2. The first-order valence-electron chi connectivity index (χ1n) is 7.91. The van der Waals surface area contributed by atoms with E-state index in [0.29, 0.717) is 23.6 Å². The second kappa shape index (κ2) is 5.34. The number of nitrogens with zero attached hydrogens (tertiary/aromatic N) is 1. The number of hydrogen-bond donors (Lipinski definition) is 0. The molecule has 4 heteroatoms. The van der Waals surface area contributed by atoms with E-state index in [4.69, 9.17) is 4.74 Å². The highest BCUT2D eigenvalue weighted by atomic mass is 19.1. The Bertz CT molecular complexity index is 872. The van der Waals surface area contributed by atoms with Crippen LogP contribution in [0, 0.1) is 5.82 Å². The third-order valence-corrected chi connectivity index (χ3v) is 4.40. The molecule has 1 atom stereocenters. The number of rotatable bonds is 2. The average molecular weight is 321 g/mol. The molecular formula is C20H16FNO2. The van der Waals surface area contributed by atoms with Gasteiger partial charge in [0, 0.05) is 6.54 Å². The molecule has 2 aromatic rings. The van der Waals surface area contributed by atoms with Gasteiger partial charge in [0.05, 0.1) is 11.3 Å². The van der Waals surface area contributed by atoms with E-state index >= 15 is 0 Å². The number of carbonyl (C=O) groups excluding carboxylic acids is 1. The third kappa shape index (κ3) is 1.99. The van der Waals surface area contributed by atoms with Crippen LogP contribution in [0.5, 0.6) is 0 Å². The van der Waals surface area contributed by atoms with Crippen LogP contribution >= 0.6 is 0 Å². The molecule has 2 aliphatic rings. The van der Waals surface area contributed by atoms with Gasteiger partial charge in [0.25, 0.3) is 5.91 Å². The lowest BCUT2D eigenvalue weighted by Crippen LogP contribution is -2.39. The van der Waals surface area contributed by atoms with E-state index in [0.717, 1.165) is 5.56 Å². The van der Waals surface area contributed by atoms with Crippen molar-refractivity contribution in [2.24, 2.45) is 0 Å². The number of carbonyl (C=O) groups is 1. The van der Waals surface area contributed by atoms with Gasteiger partial charge in [0.2, 0.25) is 5.60 Å². The Labute approximate surface area is 139 Å². The van der Waals surface area contributed by atoms with E-state index in [1.807, 2.05) is 43.3 Å². The molecule has 0 aromatic heterocycles. The van der Waals surface area contributed by atoms with Crippen LogP contribution in [-0.2, 0) is 15.1 Å². The number of hydrogen-bond acceptors (Lipinski definition) is 2. The Kier molecular flexibility index (Phi) is 3.27. The van der Waals surface area contributed by atoms with Gasteiger partial charge in [-0.2, -0.15) is 0 Å². The van der Waals surface area contributed by atoms with E-state index in [1.165, 1.54) is 6.07 Å². The van der Waals surface area contributed by atoms with Crippen molar-refractivity contribution in [1.82, 2.24) is 0 Å². The molecule has 0 fully saturated rings. The number of benzene rings is 2. The summed E-state index contributed by atoms with van der Waals surface area (Å²) in [6, 6.07) is 14.4. The number of amides is 1. The van der Waals surface area contributed by atoms with Crippen LogP contribution in [0.4, 0.5) is 10.1 Å². The fourth-order valence-electron chi connectivity index (χ4n) is 3.33. The summed E-state index contributed by atoms with van der Waals surface area (Å²) in [6.07, 6.45) is 5.23. The molecule has 1 spiro atoms. The minimum atomic E-state index is -1.39. The monoisotopic (exact) mass is 321 g/mol. The molecule has 0 bridgehead atoms. The standard InChI is InChI=1S/C20H16FNO2/c1-2-22-17-10-6-9-16(21)18(17)20(19(22)23)12-11-15(24-20)13-14-7-4-3-5-8-14/h3-13H,2H2,1H3/b15-13-. The minimum Gasteiger partial charge on any atom is -0.468 e. The molecule has 2 aliphatic heterocycles. The number of anilines is 1. The number of ether oxygens (including phenoxy) is 1. The number of fused-ring (bicyclic) bond motifs is 2. The summed E-state index contributed by atoms with van der Waals surface area (Å²) in [7, 11) is 0. The Morgan fingerprint density at radius 3 is 2.71 bits per heavy atom. The molecule has 120 valence electrons. The molecule has 1 amide bonds. The molecule has 1 unspecified atom stereocenters. The molecule has 0 aliphatic carbocycles. The van der Waals surface area contributed by atoms with Crippen molar-refractivity contribution in [3.05, 3.63) is 83.4 Å². The molecule has 3 nitrogen and oxygen atoms in total. The van der Waals surface area contributed by atoms with Gasteiger partial charge < -0.3 is 9.64 Å². The van der Waals surface area contributed by atoms with Crippen molar-refractivity contribution in [3.63, 3.8) is 0 Å². The summed E-state index contributed by atoms with van der Waals surface area (Å²) in [6.45, 7) is 2.33. The van der Waals surface area contributed by atoms with Gasteiger partial charge in [0.1, 0.15) is 11.6 Å². The third-order valence-electron chi connectivity index (χ3n) is 4.40. The van der Waals surface area contributed by atoms with Gasteiger partial charge in [-0.3, -0.25) is 4.79 Å². The number of likely N-dealkylation sites (N-methyl/N-ethyl adjacent to an activating group) is 1. The van der Waals surface area contributed by atoms with E-state index < -0.39 is 11.4 Å². The van der Waals surface area contributed by atoms with Gasteiger partial charge in [-0.15, -0.1) is 0 Å². The normalized spacial score (nSPS) is 23.2. The molecule has 2 aromatic carbocycles. The molecule has 4 rings (SSSR count). The zero-order chi connectivity index (χ0) is 16.7. The molecule has 0 radical (unpaired) electrons. The topological polar surface area (TPSA) is 29.5 Å². The van der Waals surface area contributed by atoms with E-state index in [9.17, 15) is 9.18 Å². The molecule has 0 saturated heterocycles. The van der Waals surface area contributed by atoms with E-state index in [-0.39, 0.29) is 5.91 Å². The van der Waals surface area contributed by atoms with Crippen molar-refractivity contribution >= 4 is 17.7 Å². The highest BCUT2D eigenvalue weighted by Crippen LogP contribution is 2.48. The molecule has 2 heterocycles. The summed E-state index contributed by atoms with van der Waals surface area (Å²) in [5, 5.41) is 0. The van der Waals surface area contributed by atoms with Gasteiger partial charge in [0.15, 0.2) is 0 Å². The van der Waals surface area contributed by atoms with Crippen molar-refractivity contribution in [1.29, 1.82) is 0 Å². The summed E-state index contributed by atoms with van der Waals surface area (Å²) in [5.41, 5.74) is 0.440. The van der Waals surface area contributed by atoms with Gasteiger partial charge in [-0.1, -0.05) is 36.4 Å². The maximum Gasteiger partial charge on any atom is 0.280 e. The Hall–Kier alpha value is -2.88. The van der Waals surface area contributed by atoms with Crippen molar-refractivity contribution in [3.8, 4) is 0 Å². The maximum atomic E-state index is 14.5. The van der Waals surface area contributed by atoms with Crippen LogP contribution in [0.3, 0.4) is 0 Å². The van der Waals surface area contributed by atoms with E-state index in [1.54, 1.807) is 29.2 Å². The second-order valence-electron chi connectivity index (χ2n) is 5.81. The van der Waals surface area contributed by atoms with Crippen LogP contribution in [-0.4, -0.2) is 12.5 Å². The maximum absolute atomic E-state index is 14.5.